The number of carbonyl (C=O) groups excluding carboxylic acids is 2. The number of imidazole rings is 1. The third kappa shape index (κ3) is 3.29. The lowest BCUT2D eigenvalue weighted by Gasteiger charge is -2.16. The summed E-state index contributed by atoms with van der Waals surface area (Å²) in [6, 6.07) is 3.26. The zero-order valence-electron chi connectivity index (χ0n) is 13.5. The summed E-state index contributed by atoms with van der Waals surface area (Å²) >= 11 is 5.76. The summed E-state index contributed by atoms with van der Waals surface area (Å²) < 4.78 is 6.46. The number of aromatic nitrogens is 4. The summed E-state index contributed by atoms with van der Waals surface area (Å²) in [6.07, 6.45) is 5.75. The number of pyridine rings is 1. The molecule has 0 unspecified atom stereocenters. The number of fused-ring (bicyclic) bond motifs is 1. The summed E-state index contributed by atoms with van der Waals surface area (Å²) in [7, 11) is 1.60. The lowest BCUT2D eigenvalue weighted by atomic mass is 10.3. The molecule has 0 aliphatic heterocycles. The van der Waals surface area contributed by atoms with E-state index >= 15 is 0 Å². The van der Waals surface area contributed by atoms with Crippen LogP contribution >= 0.6 is 11.6 Å². The fraction of sp³-hybridized carbons (Fsp3) is 0.188. The third-order valence-corrected chi connectivity index (χ3v) is 3.73. The molecule has 0 aliphatic rings. The molecule has 3 heterocycles. The van der Waals surface area contributed by atoms with Gasteiger partial charge in [0.1, 0.15) is 10.8 Å². The third-order valence-electron chi connectivity index (χ3n) is 3.50. The first-order valence-electron chi connectivity index (χ1n) is 7.41. The number of carbonyl (C=O) groups is 2. The van der Waals surface area contributed by atoms with E-state index in [1.54, 1.807) is 26.1 Å². The molecular weight excluding hydrogens is 346 g/mol. The fourth-order valence-corrected chi connectivity index (χ4v) is 2.32. The maximum absolute atomic E-state index is 12.7. The molecule has 0 radical (unpaired) electrons. The average molecular weight is 360 g/mol. The number of anilines is 1. The lowest BCUT2D eigenvalue weighted by Crippen LogP contribution is -2.27. The maximum atomic E-state index is 12.7. The van der Waals surface area contributed by atoms with Crippen LogP contribution in [0.25, 0.3) is 5.65 Å². The van der Waals surface area contributed by atoms with Crippen LogP contribution in [0.3, 0.4) is 0 Å². The van der Waals surface area contributed by atoms with Crippen molar-refractivity contribution < 1.29 is 14.3 Å². The molecule has 0 aromatic carbocycles. The fourth-order valence-electron chi connectivity index (χ4n) is 2.21. The Morgan fingerprint density at radius 2 is 2.00 bits per heavy atom. The molecule has 0 aliphatic carbocycles. The minimum atomic E-state index is -0.519. The number of hydrogen-bond acceptors (Lipinski definition) is 6. The molecule has 0 atom stereocenters. The van der Waals surface area contributed by atoms with Crippen molar-refractivity contribution in [2.75, 3.05) is 18.6 Å². The number of halogens is 1. The van der Waals surface area contributed by atoms with Crippen LogP contribution in [-0.4, -0.2) is 44.9 Å². The van der Waals surface area contributed by atoms with Crippen molar-refractivity contribution in [2.45, 2.75) is 6.92 Å². The van der Waals surface area contributed by atoms with E-state index in [0.717, 1.165) is 0 Å². The second kappa shape index (κ2) is 6.86. The van der Waals surface area contributed by atoms with E-state index in [4.69, 9.17) is 16.3 Å². The summed E-state index contributed by atoms with van der Waals surface area (Å²) in [5.41, 5.74) is 1.38. The first kappa shape index (κ1) is 16.8. The molecule has 1 amide bonds. The molecule has 3 rings (SSSR count). The van der Waals surface area contributed by atoms with E-state index in [-0.39, 0.29) is 23.9 Å². The number of hydrogen-bond donors (Lipinski definition) is 0. The Morgan fingerprint density at radius 3 is 2.68 bits per heavy atom. The molecule has 0 fully saturated rings. The summed E-state index contributed by atoms with van der Waals surface area (Å²) in [6.45, 7) is 1.96. The molecule has 0 bridgehead atoms. The standard InChI is InChI=1S/C16H14ClN5O3/c1-3-25-16(24)12-7-20-14-8-18-11(9-22(12)14)15(23)21(2)10-4-5-13(17)19-6-10/h4-9H,3H2,1-2H3. The van der Waals surface area contributed by atoms with Gasteiger partial charge in [-0.1, -0.05) is 11.6 Å². The maximum Gasteiger partial charge on any atom is 0.356 e. The highest BCUT2D eigenvalue weighted by molar-refractivity contribution is 6.29. The number of nitrogens with zero attached hydrogens (tertiary/aromatic N) is 5. The van der Waals surface area contributed by atoms with Gasteiger partial charge in [0.05, 0.1) is 30.9 Å². The Kier molecular flexibility index (Phi) is 4.62. The van der Waals surface area contributed by atoms with Crippen molar-refractivity contribution in [3.8, 4) is 0 Å². The van der Waals surface area contributed by atoms with E-state index in [2.05, 4.69) is 15.0 Å². The molecule has 0 saturated heterocycles. The van der Waals surface area contributed by atoms with Crippen LogP contribution in [0.1, 0.15) is 27.9 Å². The normalized spacial score (nSPS) is 10.7. The van der Waals surface area contributed by atoms with Crippen molar-refractivity contribution in [1.82, 2.24) is 19.4 Å². The second-order valence-corrected chi connectivity index (χ2v) is 5.46. The molecule has 3 aromatic heterocycles. The Balaban J connectivity index is 1.95. The predicted octanol–water partition coefficient (Wildman–Crippen LogP) is 2.23. The SMILES string of the molecule is CCOC(=O)c1cnc2cnc(C(=O)N(C)c3ccc(Cl)nc3)cn12. The number of amides is 1. The monoisotopic (exact) mass is 359 g/mol. The average Bonchev–Trinajstić information content (AvgIpc) is 3.04. The van der Waals surface area contributed by atoms with Gasteiger partial charge in [0, 0.05) is 13.2 Å². The number of esters is 1. The lowest BCUT2D eigenvalue weighted by molar-refractivity contribution is 0.0518. The van der Waals surface area contributed by atoms with E-state index in [9.17, 15) is 9.59 Å². The zero-order chi connectivity index (χ0) is 18.0. The van der Waals surface area contributed by atoms with Crippen molar-refractivity contribution in [3.63, 3.8) is 0 Å². The Labute approximate surface area is 148 Å². The van der Waals surface area contributed by atoms with Gasteiger partial charge in [0.25, 0.3) is 5.91 Å². The van der Waals surface area contributed by atoms with Gasteiger partial charge in [-0.05, 0) is 19.1 Å². The topological polar surface area (TPSA) is 89.7 Å². The van der Waals surface area contributed by atoms with Gasteiger partial charge in [-0.15, -0.1) is 0 Å². The molecule has 3 aromatic rings. The van der Waals surface area contributed by atoms with E-state index in [0.29, 0.717) is 16.5 Å². The first-order valence-corrected chi connectivity index (χ1v) is 7.79. The van der Waals surface area contributed by atoms with E-state index in [1.165, 1.54) is 34.1 Å². The Morgan fingerprint density at radius 1 is 1.20 bits per heavy atom. The van der Waals surface area contributed by atoms with Gasteiger partial charge < -0.3 is 9.64 Å². The van der Waals surface area contributed by atoms with Crippen LogP contribution < -0.4 is 4.90 Å². The highest BCUT2D eigenvalue weighted by Gasteiger charge is 2.19. The van der Waals surface area contributed by atoms with Crippen LogP contribution in [0, 0.1) is 0 Å². The second-order valence-electron chi connectivity index (χ2n) is 5.07. The van der Waals surface area contributed by atoms with Crippen LogP contribution in [0.2, 0.25) is 5.15 Å². The van der Waals surface area contributed by atoms with Gasteiger partial charge in [-0.3, -0.25) is 9.20 Å². The number of rotatable bonds is 4. The van der Waals surface area contributed by atoms with Crippen LogP contribution in [0.15, 0.2) is 36.9 Å². The van der Waals surface area contributed by atoms with Crippen molar-refractivity contribution in [1.29, 1.82) is 0 Å². The van der Waals surface area contributed by atoms with Crippen LogP contribution in [-0.2, 0) is 4.74 Å². The molecule has 0 spiro atoms. The van der Waals surface area contributed by atoms with Gasteiger partial charge in [-0.2, -0.15) is 0 Å². The highest BCUT2D eigenvalue weighted by atomic mass is 35.5. The Bertz CT molecular complexity index is 939. The predicted molar refractivity (Wildman–Crippen MR) is 90.9 cm³/mol. The molecular formula is C16H14ClN5O3. The summed E-state index contributed by atoms with van der Waals surface area (Å²) in [5, 5.41) is 0.335. The van der Waals surface area contributed by atoms with E-state index in [1.807, 2.05) is 0 Å². The van der Waals surface area contributed by atoms with Crippen molar-refractivity contribution in [2.24, 2.45) is 0 Å². The quantitative estimate of drug-likeness (QED) is 0.524. The van der Waals surface area contributed by atoms with E-state index < -0.39 is 5.97 Å². The van der Waals surface area contributed by atoms with Gasteiger partial charge in [0.2, 0.25) is 0 Å². The zero-order valence-corrected chi connectivity index (χ0v) is 14.3. The van der Waals surface area contributed by atoms with Crippen molar-refractivity contribution in [3.05, 3.63) is 53.5 Å². The van der Waals surface area contributed by atoms with Gasteiger partial charge in [-0.25, -0.2) is 19.7 Å². The smallest absolute Gasteiger partial charge is 0.356 e. The van der Waals surface area contributed by atoms with Crippen LogP contribution in [0.4, 0.5) is 5.69 Å². The molecule has 25 heavy (non-hydrogen) atoms. The summed E-state index contributed by atoms with van der Waals surface area (Å²) in [4.78, 5) is 38.2. The molecule has 0 saturated carbocycles. The molecule has 128 valence electrons. The van der Waals surface area contributed by atoms with Gasteiger partial charge in [0.15, 0.2) is 11.3 Å². The molecule has 0 N–H and O–H groups in total. The largest absolute Gasteiger partial charge is 0.461 e. The molecule has 8 nitrogen and oxygen atoms in total. The minimum absolute atomic E-state index is 0.147. The van der Waals surface area contributed by atoms with Crippen molar-refractivity contribution >= 4 is 34.8 Å². The highest BCUT2D eigenvalue weighted by Crippen LogP contribution is 2.16. The summed E-state index contributed by atoms with van der Waals surface area (Å²) in [5.74, 6) is -0.885. The van der Waals surface area contributed by atoms with Gasteiger partial charge >= 0.3 is 5.97 Å². The number of ether oxygens (including phenoxy) is 1. The first-order chi connectivity index (χ1) is 12.0. The molecule has 9 heteroatoms. The van der Waals surface area contributed by atoms with Crippen LogP contribution in [0.5, 0.6) is 0 Å². The minimum Gasteiger partial charge on any atom is -0.461 e. The Hall–Kier alpha value is -3.00.